The smallest absolute Gasteiger partial charge is 0.356 e. The number of nitrogens with zero attached hydrogens (tertiary/aromatic N) is 2. The van der Waals surface area contributed by atoms with Gasteiger partial charge in [-0.25, -0.2) is 9.78 Å². The van der Waals surface area contributed by atoms with Crippen LogP contribution < -0.4 is 4.90 Å². The van der Waals surface area contributed by atoms with E-state index in [0.717, 1.165) is 0 Å². The Morgan fingerprint density at radius 2 is 2.33 bits per heavy atom. The molecule has 0 unspecified atom stereocenters. The van der Waals surface area contributed by atoms with E-state index in [2.05, 4.69) is 4.98 Å². The number of allylic oxidation sites excluding steroid dienone is 2. The predicted octanol–water partition coefficient (Wildman–Crippen LogP) is 1.67. The summed E-state index contributed by atoms with van der Waals surface area (Å²) in [6.07, 6.45) is 9.06. The molecule has 4 nitrogen and oxygen atoms in total. The van der Waals surface area contributed by atoms with Gasteiger partial charge < -0.3 is 10.0 Å². The van der Waals surface area contributed by atoms with Gasteiger partial charge in [0.15, 0.2) is 5.69 Å². The van der Waals surface area contributed by atoms with Gasteiger partial charge in [0.05, 0.1) is 5.69 Å². The first kappa shape index (κ1) is 9.45. The summed E-state index contributed by atoms with van der Waals surface area (Å²) in [5, 5.41) is 8.97. The number of aromatic carboxylic acids is 1. The lowest BCUT2D eigenvalue weighted by atomic mass is 10.2. The summed E-state index contributed by atoms with van der Waals surface area (Å²) in [7, 11) is 0. The fourth-order valence-electron chi connectivity index (χ4n) is 1.44. The zero-order valence-electron chi connectivity index (χ0n) is 8.00. The van der Waals surface area contributed by atoms with Crippen LogP contribution in [0.15, 0.2) is 42.8 Å². The molecule has 76 valence electrons. The van der Waals surface area contributed by atoms with Crippen LogP contribution in [0.2, 0.25) is 0 Å². The van der Waals surface area contributed by atoms with Gasteiger partial charge in [0.25, 0.3) is 0 Å². The Kier molecular flexibility index (Phi) is 2.49. The summed E-state index contributed by atoms with van der Waals surface area (Å²) >= 11 is 0. The van der Waals surface area contributed by atoms with Crippen LogP contribution in [0.25, 0.3) is 0 Å². The average Bonchev–Trinajstić information content (AvgIpc) is 2.30. The second-order valence-electron chi connectivity index (χ2n) is 3.10. The number of carboxylic acids is 1. The molecule has 2 rings (SSSR count). The van der Waals surface area contributed by atoms with Crippen LogP contribution >= 0.6 is 0 Å². The van der Waals surface area contributed by atoms with Gasteiger partial charge >= 0.3 is 5.97 Å². The maximum absolute atomic E-state index is 10.9. The fraction of sp³-hybridized carbons (Fsp3) is 0.0909. The topological polar surface area (TPSA) is 53.4 Å². The second-order valence-corrected chi connectivity index (χ2v) is 3.10. The first-order valence-electron chi connectivity index (χ1n) is 4.57. The van der Waals surface area contributed by atoms with Gasteiger partial charge in [-0.15, -0.1) is 0 Å². The lowest BCUT2D eigenvalue weighted by molar-refractivity contribution is 0.0691. The molecule has 0 radical (unpaired) electrons. The summed E-state index contributed by atoms with van der Waals surface area (Å²) in [6, 6.07) is 3.48. The van der Waals surface area contributed by atoms with Crippen LogP contribution in [0, 0.1) is 0 Å². The Balaban J connectivity index is 2.39. The van der Waals surface area contributed by atoms with Gasteiger partial charge in [0.2, 0.25) is 0 Å². The zero-order valence-corrected chi connectivity index (χ0v) is 8.00. The molecule has 1 aromatic heterocycles. The third-order valence-electron chi connectivity index (χ3n) is 2.11. The number of anilines is 1. The number of aromatic nitrogens is 1. The van der Waals surface area contributed by atoms with Crippen molar-refractivity contribution in [2.24, 2.45) is 0 Å². The lowest BCUT2D eigenvalue weighted by Gasteiger charge is -2.21. The summed E-state index contributed by atoms with van der Waals surface area (Å²) in [5.41, 5.74) is 0.697. The minimum absolute atomic E-state index is 0.0810. The van der Waals surface area contributed by atoms with Crippen LogP contribution in [-0.4, -0.2) is 22.6 Å². The van der Waals surface area contributed by atoms with E-state index in [0.29, 0.717) is 12.2 Å². The Bertz CT molecular complexity index is 438. The van der Waals surface area contributed by atoms with E-state index in [-0.39, 0.29) is 5.69 Å². The molecule has 0 bridgehead atoms. The van der Waals surface area contributed by atoms with E-state index in [1.165, 1.54) is 6.20 Å². The highest BCUT2D eigenvalue weighted by atomic mass is 16.4. The molecule has 0 aromatic carbocycles. The molecule has 2 heterocycles. The van der Waals surface area contributed by atoms with E-state index in [1.54, 1.807) is 12.1 Å². The van der Waals surface area contributed by atoms with Crippen LogP contribution in [0.1, 0.15) is 10.5 Å². The van der Waals surface area contributed by atoms with Gasteiger partial charge in [-0.3, -0.25) is 0 Å². The molecule has 1 N–H and O–H groups in total. The van der Waals surface area contributed by atoms with Gasteiger partial charge in [-0.2, -0.15) is 0 Å². The third-order valence-corrected chi connectivity index (χ3v) is 2.11. The lowest BCUT2D eigenvalue weighted by Crippen LogP contribution is -2.20. The van der Waals surface area contributed by atoms with Crippen molar-refractivity contribution in [3.8, 4) is 0 Å². The van der Waals surface area contributed by atoms with Gasteiger partial charge in [0, 0.05) is 18.9 Å². The van der Waals surface area contributed by atoms with Crippen molar-refractivity contribution in [1.82, 2.24) is 4.98 Å². The quantitative estimate of drug-likeness (QED) is 0.792. The van der Waals surface area contributed by atoms with E-state index in [9.17, 15) is 4.79 Å². The molecule has 0 atom stereocenters. The summed E-state index contributed by atoms with van der Waals surface area (Å²) < 4.78 is 0. The number of hydrogen-bond acceptors (Lipinski definition) is 3. The number of carbonyl (C=O) groups is 1. The van der Waals surface area contributed by atoms with Gasteiger partial charge in [0.1, 0.15) is 0 Å². The minimum atomic E-state index is -1.01. The van der Waals surface area contributed by atoms with E-state index in [1.807, 2.05) is 29.3 Å². The normalized spacial score (nSPS) is 14.3. The van der Waals surface area contributed by atoms with Crippen molar-refractivity contribution >= 4 is 11.7 Å². The van der Waals surface area contributed by atoms with Crippen molar-refractivity contribution in [2.45, 2.75) is 0 Å². The predicted molar refractivity (Wildman–Crippen MR) is 56.8 cm³/mol. The molecule has 1 aliphatic rings. The van der Waals surface area contributed by atoms with Crippen molar-refractivity contribution in [2.75, 3.05) is 11.4 Å². The van der Waals surface area contributed by atoms with Crippen molar-refractivity contribution in [3.63, 3.8) is 0 Å². The third kappa shape index (κ3) is 1.88. The molecule has 1 aromatic rings. The highest BCUT2D eigenvalue weighted by Gasteiger charge is 2.15. The van der Waals surface area contributed by atoms with E-state index in [4.69, 9.17) is 5.11 Å². The summed E-state index contributed by atoms with van der Waals surface area (Å²) in [5.74, 6) is -1.01. The summed E-state index contributed by atoms with van der Waals surface area (Å²) in [4.78, 5) is 16.6. The maximum atomic E-state index is 10.9. The molecular weight excluding hydrogens is 192 g/mol. The average molecular weight is 202 g/mol. The van der Waals surface area contributed by atoms with Gasteiger partial charge in [-0.1, -0.05) is 12.2 Å². The molecular formula is C11H10N2O2. The highest BCUT2D eigenvalue weighted by Crippen LogP contribution is 2.19. The highest BCUT2D eigenvalue weighted by molar-refractivity contribution is 5.92. The monoisotopic (exact) mass is 202 g/mol. The number of hydrogen-bond donors (Lipinski definition) is 1. The fourth-order valence-corrected chi connectivity index (χ4v) is 1.44. The van der Waals surface area contributed by atoms with Crippen LogP contribution in [0.4, 0.5) is 5.69 Å². The number of rotatable bonds is 2. The largest absolute Gasteiger partial charge is 0.476 e. The van der Waals surface area contributed by atoms with E-state index < -0.39 is 5.97 Å². The van der Waals surface area contributed by atoms with Crippen molar-refractivity contribution in [1.29, 1.82) is 0 Å². The molecule has 0 spiro atoms. The molecule has 4 heteroatoms. The minimum Gasteiger partial charge on any atom is -0.476 e. The SMILES string of the molecule is O=C(O)c1ncccc1N1C=CC=CC1. The number of pyridine rings is 1. The van der Waals surface area contributed by atoms with Crippen LogP contribution in [-0.2, 0) is 0 Å². The van der Waals surface area contributed by atoms with Gasteiger partial charge in [-0.05, 0) is 18.2 Å². The Morgan fingerprint density at radius 3 is 3.00 bits per heavy atom. The molecule has 1 aliphatic heterocycles. The molecule has 15 heavy (non-hydrogen) atoms. The molecule has 0 amide bonds. The van der Waals surface area contributed by atoms with Crippen molar-refractivity contribution < 1.29 is 9.90 Å². The molecule has 0 aliphatic carbocycles. The van der Waals surface area contributed by atoms with E-state index >= 15 is 0 Å². The second kappa shape index (κ2) is 3.96. The Morgan fingerprint density at radius 1 is 1.47 bits per heavy atom. The standard InChI is InChI=1S/C11H10N2O2/c14-11(15)10-9(5-4-6-12-10)13-7-2-1-3-8-13/h1-7H,8H2,(H,14,15). The Hall–Kier alpha value is -2.10. The Labute approximate surface area is 87.2 Å². The zero-order chi connectivity index (χ0) is 10.7. The number of carboxylic acid groups (broad SMARTS) is 1. The maximum Gasteiger partial charge on any atom is 0.356 e. The van der Waals surface area contributed by atoms with Crippen LogP contribution in [0.3, 0.4) is 0 Å². The summed E-state index contributed by atoms with van der Waals surface area (Å²) in [6.45, 7) is 0.669. The molecule has 0 saturated carbocycles. The molecule has 0 saturated heterocycles. The first-order chi connectivity index (χ1) is 7.29. The first-order valence-corrected chi connectivity index (χ1v) is 4.57. The van der Waals surface area contributed by atoms with Crippen LogP contribution in [0.5, 0.6) is 0 Å². The molecule has 0 fully saturated rings. The van der Waals surface area contributed by atoms with Crippen molar-refractivity contribution in [3.05, 3.63) is 48.5 Å².